The van der Waals surface area contributed by atoms with Crippen molar-refractivity contribution in [1.82, 2.24) is 5.32 Å². The average Bonchev–Trinajstić information content (AvgIpc) is 2.75. The second kappa shape index (κ2) is 10.1. The summed E-state index contributed by atoms with van der Waals surface area (Å²) in [6.45, 7) is 4.79. The minimum Gasteiger partial charge on any atom is -0.483 e. The minimum atomic E-state index is -0.347. The van der Waals surface area contributed by atoms with Crippen LogP contribution in [0.5, 0.6) is 5.75 Å². The molecule has 158 valence electrons. The van der Waals surface area contributed by atoms with Gasteiger partial charge in [0.15, 0.2) is 6.61 Å². The van der Waals surface area contributed by atoms with Crippen LogP contribution in [0.15, 0.2) is 51.7 Å². The van der Waals surface area contributed by atoms with Gasteiger partial charge < -0.3 is 19.2 Å². The Bertz CT molecular complexity index is 1070. The van der Waals surface area contributed by atoms with Crippen molar-refractivity contribution in [1.29, 1.82) is 0 Å². The highest BCUT2D eigenvalue weighted by Gasteiger charge is 2.16. The number of amides is 1. The Kier molecular flexibility index (Phi) is 7.25. The molecule has 1 N–H and O–H groups in total. The first kappa shape index (κ1) is 21.6. The number of aryl methyl sites for hydroxylation is 2. The standard InChI is InChI=1S/C24H27NO5/c1-16-19-10-11-21(29-15-22(26)25-12-7-13-28-3)17(2)23(19)30-24(27)20(16)14-18-8-5-4-6-9-18/h4-6,8-11H,7,12-15H2,1-3H3,(H,25,26). The second-order valence-electron chi connectivity index (χ2n) is 7.21. The molecule has 0 saturated carbocycles. The third-order valence-corrected chi connectivity index (χ3v) is 5.08. The molecule has 0 aliphatic carbocycles. The third-order valence-electron chi connectivity index (χ3n) is 5.08. The van der Waals surface area contributed by atoms with E-state index in [-0.39, 0.29) is 18.1 Å². The number of rotatable bonds is 9. The quantitative estimate of drug-likeness (QED) is 0.432. The van der Waals surface area contributed by atoms with Gasteiger partial charge in [-0.15, -0.1) is 0 Å². The van der Waals surface area contributed by atoms with Crippen molar-refractivity contribution in [2.75, 3.05) is 26.9 Å². The number of hydrogen-bond acceptors (Lipinski definition) is 5. The summed E-state index contributed by atoms with van der Waals surface area (Å²) in [5, 5.41) is 3.65. The topological polar surface area (TPSA) is 77.8 Å². The summed E-state index contributed by atoms with van der Waals surface area (Å²) < 4.78 is 16.3. The lowest BCUT2D eigenvalue weighted by Gasteiger charge is -2.13. The van der Waals surface area contributed by atoms with Gasteiger partial charge in [-0.25, -0.2) is 4.79 Å². The third kappa shape index (κ3) is 5.07. The minimum absolute atomic E-state index is 0.103. The molecule has 0 spiro atoms. The molecule has 0 radical (unpaired) electrons. The predicted molar refractivity (Wildman–Crippen MR) is 116 cm³/mol. The summed E-state index contributed by atoms with van der Waals surface area (Å²) in [6.07, 6.45) is 1.26. The Morgan fingerprint density at radius 3 is 2.57 bits per heavy atom. The van der Waals surface area contributed by atoms with Gasteiger partial charge in [0.2, 0.25) is 0 Å². The molecule has 6 nitrogen and oxygen atoms in total. The van der Waals surface area contributed by atoms with E-state index >= 15 is 0 Å². The first-order valence-electron chi connectivity index (χ1n) is 9.99. The predicted octanol–water partition coefficient (Wildman–Crippen LogP) is 3.53. The molecular formula is C24H27NO5. The van der Waals surface area contributed by atoms with E-state index in [1.54, 1.807) is 7.11 Å². The Labute approximate surface area is 175 Å². The molecule has 6 heteroatoms. The van der Waals surface area contributed by atoms with E-state index in [1.807, 2.05) is 56.3 Å². The van der Waals surface area contributed by atoms with Gasteiger partial charge in [0.1, 0.15) is 11.3 Å². The number of fused-ring (bicyclic) bond motifs is 1. The van der Waals surface area contributed by atoms with Crippen LogP contribution in [0.4, 0.5) is 0 Å². The van der Waals surface area contributed by atoms with E-state index in [9.17, 15) is 9.59 Å². The van der Waals surface area contributed by atoms with Crippen molar-refractivity contribution in [3.8, 4) is 5.75 Å². The lowest BCUT2D eigenvalue weighted by Crippen LogP contribution is -2.30. The fourth-order valence-electron chi connectivity index (χ4n) is 3.37. The molecule has 0 aliphatic rings. The molecule has 0 atom stereocenters. The molecule has 0 saturated heterocycles. The Morgan fingerprint density at radius 2 is 1.83 bits per heavy atom. The summed E-state index contributed by atoms with van der Waals surface area (Å²) in [4.78, 5) is 24.6. The zero-order chi connectivity index (χ0) is 21.5. The van der Waals surface area contributed by atoms with Gasteiger partial charge in [-0.3, -0.25) is 4.79 Å². The van der Waals surface area contributed by atoms with Crippen molar-refractivity contribution < 1.29 is 18.7 Å². The highest BCUT2D eigenvalue weighted by Crippen LogP contribution is 2.30. The molecule has 3 rings (SSSR count). The molecule has 3 aromatic rings. The maximum absolute atomic E-state index is 12.7. The smallest absolute Gasteiger partial charge is 0.340 e. The zero-order valence-electron chi connectivity index (χ0n) is 17.6. The van der Waals surface area contributed by atoms with Gasteiger partial charge in [-0.2, -0.15) is 0 Å². The van der Waals surface area contributed by atoms with Crippen molar-refractivity contribution >= 4 is 16.9 Å². The van der Waals surface area contributed by atoms with Gasteiger partial charge in [0.05, 0.1) is 0 Å². The van der Waals surface area contributed by atoms with Crippen molar-refractivity contribution in [2.24, 2.45) is 0 Å². The van der Waals surface area contributed by atoms with Crippen molar-refractivity contribution in [3.05, 3.63) is 75.1 Å². The molecule has 1 heterocycles. The van der Waals surface area contributed by atoms with Crippen LogP contribution in [0, 0.1) is 13.8 Å². The first-order chi connectivity index (χ1) is 14.5. The molecule has 1 aromatic heterocycles. The van der Waals surface area contributed by atoms with E-state index in [1.165, 1.54) is 0 Å². The fourth-order valence-corrected chi connectivity index (χ4v) is 3.37. The van der Waals surface area contributed by atoms with Gasteiger partial charge in [0.25, 0.3) is 5.91 Å². The number of nitrogens with one attached hydrogen (secondary N) is 1. The second-order valence-corrected chi connectivity index (χ2v) is 7.21. The van der Waals surface area contributed by atoms with E-state index in [0.29, 0.717) is 42.0 Å². The van der Waals surface area contributed by atoms with Crippen LogP contribution in [-0.4, -0.2) is 32.8 Å². The number of hydrogen-bond donors (Lipinski definition) is 1. The molecule has 1 amide bonds. The normalized spacial score (nSPS) is 10.9. The Balaban J connectivity index is 1.78. The first-order valence-corrected chi connectivity index (χ1v) is 9.99. The molecule has 0 bridgehead atoms. The fraction of sp³-hybridized carbons (Fsp3) is 0.333. The maximum atomic E-state index is 12.7. The van der Waals surface area contributed by atoms with E-state index in [0.717, 1.165) is 22.9 Å². The lowest BCUT2D eigenvalue weighted by molar-refractivity contribution is -0.123. The van der Waals surface area contributed by atoms with Crippen molar-refractivity contribution in [2.45, 2.75) is 26.7 Å². The average molecular weight is 409 g/mol. The summed E-state index contributed by atoms with van der Waals surface area (Å²) in [5.74, 6) is 0.314. The highest BCUT2D eigenvalue weighted by atomic mass is 16.5. The monoisotopic (exact) mass is 409 g/mol. The number of benzene rings is 2. The van der Waals surface area contributed by atoms with Crippen LogP contribution >= 0.6 is 0 Å². The SMILES string of the molecule is COCCCNC(=O)COc1ccc2c(C)c(Cc3ccccc3)c(=O)oc2c1C. The van der Waals surface area contributed by atoms with Crippen LogP contribution in [0.25, 0.3) is 11.0 Å². The van der Waals surface area contributed by atoms with Crippen LogP contribution in [0.2, 0.25) is 0 Å². The Hall–Kier alpha value is -3.12. The van der Waals surface area contributed by atoms with Gasteiger partial charge >= 0.3 is 5.63 Å². The molecule has 30 heavy (non-hydrogen) atoms. The summed E-state index contributed by atoms with van der Waals surface area (Å²) in [5.41, 5.74) is 3.45. The maximum Gasteiger partial charge on any atom is 0.340 e. The molecule has 0 fully saturated rings. The molecule has 0 unspecified atom stereocenters. The van der Waals surface area contributed by atoms with Crippen LogP contribution < -0.4 is 15.7 Å². The number of carbonyl (C=O) groups is 1. The summed E-state index contributed by atoms with van der Waals surface area (Å²) >= 11 is 0. The van der Waals surface area contributed by atoms with E-state index < -0.39 is 0 Å². The Morgan fingerprint density at radius 1 is 1.07 bits per heavy atom. The highest BCUT2D eigenvalue weighted by molar-refractivity contribution is 5.86. The summed E-state index contributed by atoms with van der Waals surface area (Å²) in [6, 6.07) is 13.5. The van der Waals surface area contributed by atoms with Crippen LogP contribution in [0.1, 0.15) is 28.7 Å². The molecular weight excluding hydrogens is 382 g/mol. The van der Waals surface area contributed by atoms with E-state index in [2.05, 4.69) is 5.32 Å². The van der Waals surface area contributed by atoms with Crippen LogP contribution in [0.3, 0.4) is 0 Å². The van der Waals surface area contributed by atoms with Crippen molar-refractivity contribution in [3.63, 3.8) is 0 Å². The number of methoxy groups -OCH3 is 1. The van der Waals surface area contributed by atoms with Gasteiger partial charge in [0, 0.05) is 43.2 Å². The summed E-state index contributed by atoms with van der Waals surface area (Å²) in [7, 11) is 1.62. The largest absolute Gasteiger partial charge is 0.483 e. The number of ether oxygens (including phenoxy) is 2. The zero-order valence-corrected chi connectivity index (χ0v) is 17.6. The number of carbonyl (C=O) groups excluding carboxylic acids is 1. The van der Waals surface area contributed by atoms with Crippen LogP contribution in [-0.2, 0) is 16.0 Å². The van der Waals surface area contributed by atoms with Gasteiger partial charge in [-0.05, 0) is 43.5 Å². The van der Waals surface area contributed by atoms with Gasteiger partial charge in [-0.1, -0.05) is 30.3 Å². The molecule has 0 aliphatic heterocycles. The van der Waals surface area contributed by atoms with E-state index in [4.69, 9.17) is 13.9 Å². The molecule has 2 aromatic carbocycles. The lowest BCUT2D eigenvalue weighted by atomic mass is 9.98.